The molecule has 1 aromatic rings. The summed E-state index contributed by atoms with van der Waals surface area (Å²) in [5.41, 5.74) is 4.89. The molecule has 0 aliphatic carbocycles. The normalized spacial score (nSPS) is 11.3. The van der Waals surface area contributed by atoms with Gasteiger partial charge in [0.25, 0.3) is 11.8 Å². The minimum Gasteiger partial charge on any atom is -0.451 e. The van der Waals surface area contributed by atoms with E-state index in [-0.39, 0.29) is 10.6 Å². The maximum absolute atomic E-state index is 11.9. The number of imide groups is 1. The summed E-state index contributed by atoms with van der Waals surface area (Å²) in [6, 6.07) is 3.18. The van der Waals surface area contributed by atoms with Gasteiger partial charge >= 0.3 is 12.0 Å². The standard InChI is InChI=1S/C13H13Cl2N3O5/c1-6(11(20)18-13(16)22)23-10(19)5-17-12(21)8-3-2-7(14)4-9(8)15/h2-4,6H,5H2,1H3,(H,17,21)(H3,16,18,20,22)/t6-/m1/s1. The second-order valence-electron chi connectivity index (χ2n) is 4.29. The van der Waals surface area contributed by atoms with Gasteiger partial charge in [0, 0.05) is 5.02 Å². The lowest BCUT2D eigenvalue weighted by atomic mass is 10.2. The van der Waals surface area contributed by atoms with Gasteiger partial charge in [-0.1, -0.05) is 23.2 Å². The van der Waals surface area contributed by atoms with Gasteiger partial charge in [0.05, 0.1) is 10.6 Å². The molecular weight excluding hydrogens is 349 g/mol. The van der Waals surface area contributed by atoms with Gasteiger partial charge in [0.1, 0.15) is 6.54 Å². The molecule has 124 valence electrons. The number of hydrogen-bond acceptors (Lipinski definition) is 5. The van der Waals surface area contributed by atoms with Crippen LogP contribution in [0.15, 0.2) is 18.2 Å². The summed E-state index contributed by atoms with van der Waals surface area (Å²) >= 11 is 11.6. The predicted octanol–water partition coefficient (Wildman–Crippen LogP) is 0.850. The molecule has 1 aromatic carbocycles. The van der Waals surface area contributed by atoms with Gasteiger partial charge < -0.3 is 15.8 Å². The van der Waals surface area contributed by atoms with Crippen molar-refractivity contribution in [2.45, 2.75) is 13.0 Å². The van der Waals surface area contributed by atoms with E-state index in [1.807, 2.05) is 0 Å². The summed E-state index contributed by atoms with van der Waals surface area (Å²) in [5.74, 6) is -2.37. The van der Waals surface area contributed by atoms with Crippen LogP contribution in [0.3, 0.4) is 0 Å². The van der Waals surface area contributed by atoms with E-state index in [4.69, 9.17) is 33.7 Å². The fourth-order valence-corrected chi connectivity index (χ4v) is 1.93. The van der Waals surface area contributed by atoms with Crippen LogP contribution in [0.25, 0.3) is 0 Å². The number of nitrogens with one attached hydrogen (secondary N) is 2. The Morgan fingerprint density at radius 2 is 1.91 bits per heavy atom. The summed E-state index contributed by atoms with van der Waals surface area (Å²) < 4.78 is 4.72. The molecule has 0 aliphatic rings. The first-order valence-corrected chi connectivity index (χ1v) is 6.99. The summed E-state index contributed by atoms with van der Waals surface area (Å²) in [5, 5.41) is 4.52. The van der Waals surface area contributed by atoms with E-state index < -0.39 is 36.5 Å². The number of urea groups is 1. The molecule has 0 heterocycles. The maximum atomic E-state index is 11.9. The van der Waals surface area contributed by atoms with E-state index in [9.17, 15) is 19.2 Å². The Bertz CT molecular complexity index is 650. The second-order valence-corrected chi connectivity index (χ2v) is 5.14. The molecule has 0 spiro atoms. The molecule has 0 saturated carbocycles. The third-order valence-electron chi connectivity index (χ3n) is 2.49. The van der Waals surface area contributed by atoms with Gasteiger partial charge in [-0.05, 0) is 25.1 Å². The molecule has 0 bridgehead atoms. The zero-order chi connectivity index (χ0) is 17.6. The van der Waals surface area contributed by atoms with Crippen molar-refractivity contribution in [3.63, 3.8) is 0 Å². The van der Waals surface area contributed by atoms with Gasteiger partial charge in [-0.3, -0.25) is 19.7 Å². The number of rotatable bonds is 5. The molecule has 0 aromatic heterocycles. The summed E-state index contributed by atoms with van der Waals surface area (Å²) in [6.45, 7) is 0.750. The second kappa shape index (κ2) is 8.35. The van der Waals surface area contributed by atoms with Crippen LogP contribution < -0.4 is 16.4 Å². The minimum absolute atomic E-state index is 0.123. The molecule has 4 amide bonds. The van der Waals surface area contributed by atoms with Crippen molar-refractivity contribution in [2.75, 3.05) is 6.54 Å². The van der Waals surface area contributed by atoms with Gasteiger partial charge in [-0.25, -0.2) is 4.79 Å². The third-order valence-corrected chi connectivity index (χ3v) is 3.04. The third kappa shape index (κ3) is 6.13. The van der Waals surface area contributed by atoms with E-state index in [2.05, 4.69) is 5.32 Å². The van der Waals surface area contributed by atoms with Crippen LogP contribution in [0.2, 0.25) is 10.0 Å². The molecule has 10 heteroatoms. The topological polar surface area (TPSA) is 128 Å². The van der Waals surface area contributed by atoms with Crippen LogP contribution in [0.1, 0.15) is 17.3 Å². The number of benzene rings is 1. The molecule has 23 heavy (non-hydrogen) atoms. The maximum Gasteiger partial charge on any atom is 0.326 e. The number of hydrogen-bond donors (Lipinski definition) is 3. The number of esters is 1. The van der Waals surface area contributed by atoms with Crippen LogP contribution in [-0.2, 0) is 14.3 Å². The number of amides is 4. The van der Waals surface area contributed by atoms with Crippen molar-refractivity contribution < 1.29 is 23.9 Å². The minimum atomic E-state index is -1.24. The SMILES string of the molecule is C[C@@H](OC(=O)CNC(=O)c1ccc(Cl)cc1Cl)C(=O)NC(N)=O. The number of primary amides is 1. The quantitative estimate of drug-likeness (QED) is 0.669. The van der Waals surface area contributed by atoms with E-state index >= 15 is 0 Å². The molecule has 0 fully saturated rings. The van der Waals surface area contributed by atoms with Crippen molar-refractivity contribution in [1.29, 1.82) is 0 Å². The first-order chi connectivity index (χ1) is 10.7. The summed E-state index contributed by atoms with van der Waals surface area (Å²) in [6.07, 6.45) is -1.24. The van der Waals surface area contributed by atoms with E-state index in [0.717, 1.165) is 0 Å². The number of ether oxygens (including phenoxy) is 1. The Kier molecular flexibility index (Phi) is 6.80. The van der Waals surface area contributed by atoms with Gasteiger partial charge in [-0.15, -0.1) is 0 Å². The lowest BCUT2D eigenvalue weighted by molar-refractivity contribution is -0.153. The fraction of sp³-hybridized carbons (Fsp3) is 0.231. The summed E-state index contributed by atoms with van der Waals surface area (Å²) in [4.78, 5) is 45.2. The lowest BCUT2D eigenvalue weighted by Crippen LogP contribution is -2.43. The highest BCUT2D eigenvalue weighted by molar-refractivity contribution is 6.36. The highest BCUT2D eigenvalue weighted by atomic mass is 35.5. The average molecular weight is 362 g/mol. The highest BCUT2D eigenvalue weighted by Crippen LogP contribution is 2.20. The molecule has 0 saturated heterocycles. The molecule has 0 unspecified atom stereocenters. The number of halogens is 2. The van der Waals surface area contributed by atoms with Crippen LogP contribution in [0, 0.1) is 0 Å². The Labute approximate surface area is 141 Å². The zero-order valence-electron chi connectivity index (χ0n) is 11.9. The van der Waals surface area contributed by atoms with E-state index in [0.29, 0.717) is 5.02 Å². The average Bonchev–Trinajstić information content (AvgIpc) is 2.43. The van der Waals surface area contributed by atoms with E-state index in [1.54, 1.807) is 5.32 Å². The molecule has 1 atom stereocenters. The van der Waals surface area contributed by atoms with Crippen LogP contribution in [-0.4, -0.2) is 36.5 Å². The van der Waals surface area contributed by atoms with Gasteiger partial charge in [-0.2, -0.15) is 0 Å². The van der Waals surface area contributed by atoms with Crippen LogP contribution in [0.5, 0.6) is 0 Å². The number of carbonyl (C=O) groups is 4. The first kappa shape index (κ1) is 18.7. The Morgan fingerprint density at radius 1 is 1.26 bits per heavy atom. The highest BCUT2D eigenvalue weighted by Gasteiger charge is 2.19. The monoisotopic (exact) mass is 361 g/mol. The molecule has 0 radical (unpaired) electrons. The van der Waals surface area contributed by atoms with E-state index in [1.165, 1.54) is 25.1 Å². The molecule has 0 aliphatic heterocycles. The van der Waals surface area contributed by atoms with Gasteiger partial charge in [0.15, 0.2) is 6.10 Å². The number of carbonyl (C=O) groups excluding carboxylic acids is 4. The molecular formula is C13H13Cl2N3O5. The molecule has 8 nitrogen and oxygen atoms in total. The van der Waals surface area contributed by atoms with Crippen molar-refractivity contribution in [2.24, 2.45) is 5.73 Å². The molecule has 1 rings (SSSR count). The fourth-order valence-electron chi connectivity index (χ4n) is 1.44. The Hall–Kier alpha value is -2.32. The number of nitrogens with two attached hydrogens (primary N) is 1. The van der Waals surface area contributed by atoms with Crippen molar-refractivity contribution in [1.82, 2.24) is 10.6 Å². The smallest absolute Gasteiger partial charge is 0.326 e. The largest absolute Gasteiger partial charge is 0.451 e. The van der Waals surface area contributed by atoms with Crippen molar-refractivity contribution in [3.05, 3.63) is 33.8 Å². The zero-order valence-corrected chi connectivity index (χ0v) is 13.4. The van der Waals surface area contributed by atoms with Crippen LogP contribution >= 0.6 is 23.2 Å². The Morgan fingerprint density at radius 3 is 2.48 bits per heavy atom. The lowest BCUT2D eigenvalue weighted by Gasteiger charge is -2.12. The van der Waals surface area contributed by atoms with Crippen molar-refractivity contribution >= 4 is 47.0 Å². The predicted molar refractivity (Wildman–Crippen MR) is 82.1 cm³/mol. The van der Waals surface area contributed by atoms with Crippen molar-refractivity contribution in [3.8, 4) is 0 Å². The Balaban J connectivity index is 2.51. The first-order valence-electron chi connectivity index (χ1n) is 6.23. The summed E-state index contributed by atoms with van der Waals surface area (Å²) in [7, 11) is 0. The molecule has 4 N–H and O–H groups in total. The van der Waals surface area contributed by atoms with Crippen LogP contribution in [0.4, 0.5) is 4.79 Å². The van der Waals surface area contributed by atoms with Gasteiger partial charge in [0.2, 0.25) is 0 Å².